The minimum absolute atomic E-state index is 0.298. The molecule has 2 aromatic heterocycles. The van der Waals surface area contributed by atoms with Gasteiger partial charge in [0, 0.05) is 17.4 Å². The van der Waals surface area contributed by atoms with Crippen molar-refractivity contribution >= 4 is 34.5 Å². The molecule has 0 saturated heterocycles. The Kier molecular flexibility index (Phi) is 6.42. The fourth-order valence-corrected chi connectivity index (χ4v) is 3.60. The Labute approximate surface area is 195 Å². The van der Waals surface area contributed by atoms with Crippen molar-refractivity contribution in [3.63, 3.8) is 0 Å². The molecule has 2 heterocycles. The van der Waals surface area contributed by atoms with E-state index in [-0.39, 0.29) is 11.8 Å². The van der Waals surface area contributed by atoms with Gasteiger partial charge in [-0.1, -0.05) is 18.2 Å². The number of rotatable bonds is 7. The maximum Gasteiger partial charge on any atom is 0.274 e. The van der Waals surface area contributed by atoms with Crippen LogP contribution in [0.25, 0.3) is 5.52 Å². The molecule has 174 valence electrons. The smallest absolute Gasteiger partial charge is 0.274 e. The highest BCUT2D eigenvalue weighted by Crippen LogP contribution is 2.29. The highest BCUT2D eigenvalue weighted by Gasteiger charge is 2.19. The number of carbonyl (C=O) groups is 2. The number of hydrogen-bond acceptors (Lipinski definition) is 7. The molecule has 0 radical (unpaired) electrons. The van der Waals surface area contributed by atoms with E-state index in [2.05, 4.69) is 26.2 Å². The second-order valence-corrected chi connectivity index (χ2v) is 7.51. The summed E-state index contributed by atoms with van der Waals surface area (Å²) >= 11 is 0. The van der Waals surface area contributed by atoms with Crippen molar-refractivity contribution in [2.75, 3.05) is 24.9 Å². The van der Waals surface area contributed by atoms with Crippen molar-refractivity contribution in [1.29, 1.82) is 0 Å². The summed E-state index contributed by atoms with van der Waals surface area (Å²) in [6.07, 6.45) is 3.05. The predicted molar refractivity (Wildman–Crippen MR) is 128 cm³/mol. The Morgan fingerprint density at radius 3 is 2.56 bits per heavy atom. The Morgan fingerprint density at radius 2 is 1.79 bits per heavy atom. The number of aryl methyl sites for hydroxylation is 2. The number of nitrogens with zero attached hydrogens (tertiary/aromatic N) is 3. The first kappa shape index (κ1) is 22.7. The van der Waals surface area contributed by atoms with Crippen LogP contribution in [0.15, 0.2) is 55.0 Å². The number of aromatic nitrogens is 3. The number of para-hydroxylation sites is 2. The second-order valence-electron chi connectivity index (χ2n) is 7.51. The van der Waals surface area contributed by atoms with Gasteiger partial charge >= 0.3 is 0 Å². The van der Waals surface area contributed by atoms with Crippen LogP contribution in [0.2, 0.25) is 0 Å². The van der Waals surface area contributed by atoms with Crippen LogP contribution in [-0.4, -0.2) is 40.6 Å². The van der Waals surface area contributed by atoms with E-state index in [1.807, 2.05) is 32.0 Å². The molecule has 10 nitrogen and oxygen atoms in total. The lowest BCUT2D eigenvalue weighted by atomic mass is 10.1. The van der Waals surface area contributed by atoms with Gasteiger partial charge in [-0.2, -0.15) is 5.10 Å². The molecule has 0 bridgehead atoms. The van der Waals surface area contributed by atoms with Gasteiger partial charge in [0.2, 0.25) is 0 Å². The van der Waals surface area contributed by atoms with Gasteiger partial charge < -0.3 is 15.4 Å². The van der Waals surface area contributed by atoms with Crippen LogP contribution in [-0.2, 0) is 4.84 Å². The summed E-state index contributed by atoms with van der Waals surface area (Å²) in [4.78, 5) is 34.3. The number of ether oxygens (including phenoxy) is 1. The van der Waals surface area contributed by atoms with E-state index in [4.69, 9.17) is 9.57 Å². The lowest BCUT2D eigenvalue weighted by Gasteiger charge is -2.12. The van der Waals surface area contributed by atoms with Gasteiger partial charge in [-0.25, -0.2) is 15.0 Å². The Bertz CT molecular complexity index is 1380. The van der Waals surface area contributed by atoms with E-state index >= 15 is 0 Å². The van der Waals surface area contributed by atoms with Crippen LogP contribution in [0.5, 0.6) is 5.75 Å². The van der Waals surface area contributed by atoms with Gasteiger partial charge in [-0.05, 0) is 49.2 Å². The Hall–Kier alpha value is -4.44. The van der Waals surface area contributed by atoms with Crippen LogP contribution in [0.3, 0.4) is 0 Å². The van der Waals surface area contributed by atoms with Crippen LogP contribution >= 0.6 is 0 Å². The van der Waals surface area contributed by atoms with Crippen LogP contribution in [0.4, 0.5) is 17.2 Å². The number of nitrogens with one attached hydrogen (secondary N) is 3. The minimum Gasteiger partial charge on any atom is -0.495 e. The standard InChI is InChI=1S/C24H24N6O4/c1-14-9-10-16(23(31)29-34-4)11-19(14)27-22-21-15(2)17(12-30(21)26-13-25-22)24(32)28-18-7-5-6-8-20(18)33-3/h5-13H,1-4H3,(H,28,32)(H,29,31)(H,25,26,27). The second kappa shape index (κ2) is 9.59. The molecule has 2 amide bonds. The maximum atomic E-state index is 13.1. The van der Waals surface area contributed by atoms with E-state index in [0.717, 1.165) is 5.56 Å². The number of benzene rings is 2. The van der Waals surface area contributed by atoms with E-state index < -0.39 is 0 Å². The highest BCUT2D eigenvalue weighted by atomic mass is 16.6. The molecule has 0 spiro atoms. The van der Waals surface area contributed by atoms with Crippen LogP contribution < -0.4 is 20.9 Å². The molecule has 3 N–H and O–H groups in total. The van der Waals surface area contributed by atoms with Gasteiger partial charge in [0.1, 0.15) is 17.6 Å². The molecule has 4 aromatic rings. The summed E-state index contributed by atoms with van der Waals surface area (Å²) < 4.78 is 6.92. The van der Waals surface area contributed by atoms with Crippen LogP contribution in [0.1, 0.15) is 31.8 Å². The summed E-state index contributed by atoms with van der Waals surface area (Å²) in [7, 11) is 2.92. The number of hydrogen-bond donors (Lipinski definition) is 3. The fourth-order valence-electron chi connectivity index (χ4n) is 3.60. The zero-order valence-corrected chi connectivity index (χ0v) is 19.2. The molecule has 0 saturated carbocycles. The maximum absolute atomic E-state index is 13.1. The lowest BCUT2D eigenvalue weighted by Crippen LogP contribution is -2.21. The van der Waals surface area contributed by atoms with Gasteiger partial charge in [0.05, 0.1) is 25.5 Å². The molecule has 2 aromatic carbocycles. The molecular weight excluding hydrogens is 436 g/mol. The van der Waals surface area contributed by atoms with Crippen molar-refractivity contribution < 1.29 is 19.2 Å². The Morgan fingerprint density at radius 1 is 1.00 bits per heavy atom. The minimum atomic E-state index is -0.368. The average molecular weight is 460 g/mol. The van der Waals surface area contributed by atoms with Crippen molar-refractivity contribution in [3.8, 4) is 5.75 Å². The third-order valence-electron chi connectivity index (χ3n) is 5.37. The van der Waals surface area contributed by atoms with Crippen molar-refractivity contribution in [3.05, 3.63) is 77.2 Å². The van der Waals surface area contributed by atoms with Crippen LogP contribution in [0, 0.1) is 13.8 Å². The number of carbonyl (C=O) groups excluding carboxylic acids is 2. The Balaban J connectivity index is 1.68. The zero-order chi connectivity index (χ0) is 24.2. The largest absolute Gasteiger partial charge is 0.495 e. The molecule has 4 rings (SSSR count). The summed E-state index contributed by atoms with van der Waals surface area (Å²) in [5, 5.41) is 10.4. The molecule has 0 unspecified atom stereocenters. The predicted octanol–water partition coefficient (Wildman–Crippen LogP) is 3.64. The summed E-state index contributed by atoms with van der Waals surface area (Å²) in [5.74, 6) is 0.393. The summed E-state index contributed by atoms with van der Waals surface area (Å²) in [6, 6.07) is 12.4. The number of anilines is 3. The van der Waals surface area contributed by atoms with Crippen molar-refractivity contribution in [1.82, 2.24) is 20.1 Å². The number of amides is 2. The number of methoxy groups -OCH3 is 1. The average Bonchev–Trinajstić information content (AvgIpc) is 3.18. The summed E-state index contributed by atoms with van der Waals surface area (Å²) in [6.45, 7) is 3.74. The molecule has 0 aliphatic rings. The van der Waals surface area contributed by atoms with Gasteiger partial charge in [-0.3, -0.25) is 14.4 Å². The first-order valence-corrected chi connectivity index (χ1v) is 10.4. The molecule has 0 aliphatic heterocycles. The number of hydroxylamine groups is 1. The monoisotopic (exact) mass is 460 g/mol. The van der Waals surface area contributed by atoms with E-state index in [1.165, 1.54) is 13.4 Å². The molecule has 0 aliphatic carbocycles. The first-order chi connectivity index (χ1) is 16.4. The first-order valence-electron chi connectivity index (χ1n) is 10.4. The molecule has 10 heteroatoms. The van der Waals surface area contributed by atoms with Crippen molar-refractivity contribution in [2.45, 2.75) is 13.8 Å². The van der Waals surface area contributed by atoms with E-state index in [1.54, 1.807) is 42.1 Å². The molecule has 34 heavy (non-hydrogen) atoms. The van der Waals surface area contributed by atoms with Crippen molar-refractivity contribution in [2.24, 2.45) is 0 Å². The normalized spacial score (nSPS) is 10.7. The van der Waals surface area contributed by atoms with E-state index in [9.17, 15) is 9.59 Å². The quantitative estimate of drug-likeness (QED) is 0.360. The summed E-state index contributed by atoms with van der Waals surface area (Å²) in [5.41, 5.74) is 6.66. The molecule has 0 atom stereocenters. The number of fused-ring (bicyclic) bond motifs is 1. The van der Waals surface area contributed by atoms with Gasteiger partial charge in [-0.15, -0.1) is 0 Å². The van der Waals surface area contributed by atoms with Gasteiger partial charge in [0.25, 0.3) is 11.8 Å². The third kappa shape index (κ3) is 4.39. The topological polar surface area (TPSA) is 119 Å². The van der Waals surface area contributed by atoms with Gasteiger partial charge in [0.15, 0.2) is 5.82 Å². The highest BCUT2D eigenvalue weighted by molar-refractivity contribution is 6.08. The lowest BCUT2D eigenvalue weighted by molar-refractivity contribution is 0.0537. The SMILES string of the molecule is CONC(=O)c1ccc(C)c(Nc2ncnn3cc(C(=O)Nc4ccccc4OC)c(C)c23)c1. The zero-order valence-electron chi connectivity index (χ0n) is 19.2. The molecule has 0 fully saturated rings. The third-order valence-corrected chi connectivity index (χ3v) is 5.37. The fraction of sp³-hybridized carbons (Fsp3) is 0.167. The molecular formula is C24H24N6O4. The van der Waals surface area contributed by atoms with E-state index in [0.29, 0.717) is 45.1 Å².